The van der Waals surface area contributed by atoms with Crippen molar-refractivity contribution in [3.05, 3.63) is 57.9 Å². The van der Waals surface area contributed by atoms with E-state index in [0.29, 0.717) is 22.9 Å². The summed E-state index contributed by atoms with van der Waals surface area (Å²) in [5, 5.41) is 3.45. The quantitative estimate of drug-likeness (QED) is 0.943. The van der Waals surface area contributed by atoms with Gasteiger partial charge in [-0.15, -0.1) is 0 Å². The number of nitrogens with zero attached hydrogens (tertiary/aromatic N) is 1. The summed E-state index contributed by atoms with van der Waals surface area (Å²) in [4.78, 5) is 16.4. The van der Waals surface area contributed by atoms with E-state index in [2.05, 4.69) is 10.3 Å². The maximum atomic E-state index is 12.4. The number of hydrogen-bond acceptors (Lipinski definition) is 3. The molecule has 4 nitrogen and oxygen atoms in total. The maximum Gasteiger partial charge on any atom is 0.255 e. The zero-order valence-corrected chi connectivity index (χ0v) is 13.0. The van der Waals surface area contributed by atoms with E-state index in [-0.39, 0.29) is 5.91 Å². The summed E-state index contributed by atoms with van der Waals surface area (Å²) in [5.41, 5.74) is 3.00. The van der Waals surface area contributed by atoms with Crippen molar-refractivity contribution in [3.63, 3.8) is 0 Å². The molecule has 0 aliphatic carbocycles. The molecule has 0 radical (unpaired) electrons. The van der Waals surface area contributed by atoms with E-state index in [1.807, 2.05) is 26.0 Å². The summed E-state index contributed by atoms with van der Waals surface area (Å²) in [6, 6.07) is 5.50. The van der Waals surface area contributed by atoms with Crippen molar-refractivity contribution < 1.29 is 9.53 Å². The highest BCUT2D eigenvalue weighted by Crippen LogP contribution is 2.31. The molecule has 2 rings (SSSR count). The fraction of sp³-hybridized carbons (Fsp3) is 0.250. The summed E-state index contributed by atoms with van der Waals surface area (Å²) in [6.07, 6.45) is 3.41. The molecule has 0 atom stereocenters. The van der Waals surface area contributed by atoms with Crippen LogP contribution < -0.4 is 10.1 Å². The van der Waals surface area contributed by atoms with Gasteiger partial charge < -0.3 is 10.1 Å². The Morgan fingerprint density at radius 2 is 2.19 bits per heavy atom. The largest absolute Gasteiger partial charge is 0.496 e. The van der Waals surface area contributed by atoms with Crippen LogP contribution in [0.5, 0.6) is 5.75 Å². The fourth-order valence-corrected chi connectivity index (χ4v) is 2.29. The Morgan fingerprint density at radius 1 is 1.43 bits per heavy atom. The number of rotatable bonds is 4. The Bertz CT molecular complexity index is 657. The number of benzene rings is 1. The molecule has 0 aliphatic heterocycles. The zero-order chi connectivity index (χ0) is 15.4. The molecular weight excluding hydrogens is 288 g/mol. The van der Waals surface area contributed by atoms with E-state index in [9.17, 15) is 4.79 Å². The first-order chi connectivity index (χ1) is 10.0. The van der Waals surface area contributed by atoms with Crippen LogP contribution in [0, 0.1) is 13.8 Å². The molecule has 0 bridgehead atoms. The Hall–Kier alpha value is -2.07. The average molecular weight is 305 g/mol. The minimum atomic E-state index is -0.213. The smallest absolute Gasteiger partial charge is 0.255 e. The van der Waals surface area contributed by atoms with Gasteiger partial charge >= 0.3 is 0 Å². The van der Waals surface area contributed by atoms with Crippen LogP contribution in [-0.4, -0.2) is 18.0 Å². The van der Waals surface area contributed by atoms with Crippen molar-refractivity contribution in [3.8, 4) is 5.75 Å². The minimum absolute atomic E-state index is 0.213. The van der Waals surface area contributed by atoms with Gasteiger partial charge in [-0.3, -0.25) is 9.78 Å². The van der Waals surface area contributed by atoms with E-state index in [4.69, 9.17) is 16.3 Å². The van der Waals surface area contributed by atoms with Crippen LogP contribution in [0.2, 0.25) is 5.02 Å². The number of methoxy groups -OCH3 is 1. The first-order valence-electron chi connectivity index (χ1n) is 6.55. The van der Waals surface area contributed by atoms with Gasteiger partial charge in [0.2, 0.25) is 0 Å². The van der Waals surface area contributed by atoms with E-state index in [0.717, 1.165) is 16.7 Å². The molecule has 0 aliphatic rings. The van der Waals surface area contributed by atoms with E-state index in [1.165, 1.54) is 0 Å². The normalized spacial score (nSPS) is 10.3. The van der Waals surface area contributed by atoms with Gasteiger partial charge in [0, 0.05) is 24.0 Å². The second kappa shape index (κ2) is 6.59. The molecular formula is C16H17ClN2O2. The van der Waals surface area contributed by atoms with Gasteiger partial charge in [0.15, 0.2) is 0 Å². The van der Waals surface area contributed by atoms with Crippen LogP contribution in [0.1, 0.15) is 27.0 Å². The zero-order valence-electron chi connectivity index (χ0n) is 12.2. The Labute approximate surface area is 129 Å². The first-order valence-corrected chi connectivity index (χ1v) is 6.93. The number of halogens is 1. The number of aromatic nitrogens is 1. The molecule has 1 aromatic carbocycles. The van der Waals surface area contributed by atoms with Crippen molar-refractivity contribution in [1.82, 2.24) is 10.3 Å². The lowest BCUT2D eigenvalue weighted by Gasteiger charge is -2.15. The molecule has 2 aromatic rings. The van der Waals surface area contributed by atoms with Crippen LogP contribution in [0.3, 0.4) is 0 Å². The number of aryl methyl sites for hydroxylation is 1. The maximum absolute atomic E-state index is 12.4. The monoisotopic (exact) mass is 304 g/mol. The third kappa shape index (κ3) is 3.34. The molecule has 1 N–H and O–H groups in total. The van der Waals surface area contributed by atoms with E-state index in [1.54, 1.807) is 25.6 Å². The number of amides is 1. The summed E-state index contributed by atoms with van der Waals surface area (Å²) in [5.74, 6) is 0.313. The predicted molar refractivity (Wildman–Crippen MR) is 82.9 cm³/mol. The lowest BCUT2D eigenvalue weighted by Crippen LogP contribution is -2.24. The standard InChI is InChI=1S/C16H17ClN2O2/c1-10-7-13(21-3)14(11(2)15(10)17)16(20)19-9-12-5-4-6-18-8-12/h4-8H,9H2,1-3H3,(H,19,20). The van der Waals surface area contributed by atoms with Gasteiger partial charge in [-0.1, -0.05) is 17.7 Å². The molecule has 5 heteroatoms. The summed E-state index contributed by atoms with van der Waals surface area (Å²) in [6.45, 7) is 4.10. The lowest BCUT2D eigenvalue weighted by atomic mass is 10.0. The number of hydrogen-bond donors (Lipinski definition) is 1. The summed E-state index contributed by atoms with van der Waals surface area (Å²) >= 11 is 6.23. The van der Waals surface area contributed by atoms with Crippen LogP contribution in [0.25, 0.3) is 0 Å². The van der Waals surface area contributed by atoms with Crippen molar-refractivity contribution in [2.45, 2.75) is 20.4 Å². The Balaban J connectivity index is 2.25. The molecule has 1 amide bonds. The van der Waals surface area contributed by atoms with Crippen molar-refractivity contribution in [2.24, 2.45) is 0 Å². The van der Waals surface area contributed by atoms with Gasteiger partial charge in [-0.05, 0) is 42.7 Å². The second-order valence-corrected chi connectivity index (χ2v) is 5.13. The average Bonchev–Trinajstić information content (AvgIpc) is 2.51. The van der Waals surface area contributed by atoms with Crippen molar-refractivity contribution >= 4 is 17.5 Å². The molecule has 0 saturated carbocycles. The molecule has 0 unspecified atom stereocenters. The molecule has 0 saturated heterocycles. The number of carbonyl (C=O) groups is 1. The Kier molecular flexibility index (Phi) is 4.81. The van der Waals surface area contributed by atoms with E-state index < -0.39 is 0 Å². The van der Waals surface area contributed by atoms with Gasteiger partial charge in [-0.2, -0.15) is 0 Å². The summed E-state index contributed by atoms with van der Waals surface area (Å²) < 4.78 is 5.30. The van der Waals surface area contributed by atoms with Crippen LogP contribution in [0.15, 0.2) is 30.6 Å². The third-order valence-corrected chi connectivity index (χ3v) is 3.85. The van der Waals surface area contributed by atoms with Gasteiger partial charge in [0.05, 0.1) is 12.7 Å². The van der Waals surface area contributed by atoms with E-state index >= 15 is 0 Å². The lowest BCUT2D eigenvalue weighted by molar-refractivity contribution is 0.0947. The summed E-state index contributed by atoms with van der Waals surface area (Å²) in [7, 11) is 1.54. The van der Waals surface area contributed by atoms with Crippen LogP contribution in [0.4, 0.5) is 0 Å². The number of ether oxygens (including phenoxy) is 1. The Morgan fingerprint density at radius 3 is 2.81 bits per heavy atom. The number of pyridine rings is 1. The first kappa shape index (κ1) is 15.3. The topological polar surface area (TPSA) is 51.2 Å². The second-order valence-electron chi connectivity index (χ2n) is 4.75. The molecule has 110 valence electrons. The van der Waals surface area contributed by atoms with Gasteiger partial charge in [0.1, 0.15) is 5.75 Å². The van der Waals surface area contributed by atoms with Crippen molar-refractivity contribution in [1.29, 1.82) is 0 Å². The van der Waals surface area contributed by atoms with Gasteiger partial charge in [-0.25, -0.2) is 0 Å². The molecule has 1 aromatic heterocycles. The highest BCUT2D eigenvalue weighted by Gasteiger charge is 2.19. The van der Waals surface area contributed by atoms with Gasteiger partial charge in [0.25, 0.3) is 5.91 Å². The third-order valence-electron chi connectivity index (χ3n) is 3.27. The molecule has 1 heterocycles. The fourth-order valence-electron chi connectivity index (χ4n) is 2.14. The van der Waals surface area contributed by atoms with Crippen LogP contribution >= 0.6 is 11.6 Å². The number of nitrogens with one attached hydrogen (secondary N) is 1. The molecule has 0 fully saturated rings. The minimum Gasteiger partial charge on any atom is -0.496 e. The van der Waals surface area contributed by atoms with Crippen LogP contribution in [-0.2, 0) is 6.54 Å². The number of carbonyl (C=O) groups excluding carboxylic acids is 1. The highest BCUT2D eigenvalue weighted by atomic mass is 35.5. The SMILES string of the molecule is COc1cc(C)c(Cl)c(C)c1C(=O)NCc1cccnc1. The molecule has 0 spiro atoms. The predicted octanol–water partition coefficient (Wildman–Crippen LogP) is 3.29. The highest BCUT2D eigenvalue weighted by molar-refractivity contribution is 6.32. The van der Waals surface area contributed by atoms with Crippen molar-refractivity contribution in [2.75, 3.05) is 7.11 Å². The molecule has 21 heavy (non-hydrogen) atoms.